The molecule has 2 fully saturated rings. The molecule has 1 heterocycles. The van der Waals surface area contributed by atoms with Gasteiger partial charge in [0.25, 0.3) is 0 Å². The summed E-state index contributed by atoms with van der Waals surface area (Å²) in [6.07, 6.45) is 6.48. The highest BCUT2D eigenvalue weighted by molar-refractivity contribution is 7.84. The molecule has 0 radical (unpaired) electrons. The molecule has 0 aromatic heterocycles. The first-order valence-electron chi connectivity index (χ1n) is 7.43. The molecule has 1 N–H and O–H groups in total. The van der Waals surface area contributed by atoms with Gasteiger partial charge < -0.3 is 10.2 Å². The van der Waals surface area contributed by atoms with Crippen LogP contribution in [-0.2, 0) is 20.4 Å². The highest BCUT2D eigenvalue weighted by Crippen LogP contribution is 2.35. The summed E-state index contributed by atoms with van der Waals surface area (Å²) in [7, 11) is -0.852. The summed E-state index contributed by atoms with van der Waals surface area (Å²) in [5.41, 5.74) is -0.645. The third-order valence-corrected chi connectivity index (χ3v) is 5.25. The third-order valence-electron chi connectivity index (χ3n) is 4.39. The monoisotopic (exact) mass is 300 g/mol. The first-order valence-corrected chi connectivity index (χ1v) is 9.16. The Kier molecular flexibility index (Phi) is 4.83. The zero-order chi connectivity index (χ0) is 14.8. The van der Waals surface area contributed by atoms with Crippen molar-refractivity contribution in [1.82, 2.24) is 10.2 Å². The van der Waals surface area contributed by atoms with E-state index in [-0.39, 0.29) is 17.9 Å². The molecule has 2 amide bonds. The molecule has 1 saturated heterocycles. The van der Waals surface area contributed by atoms with Crippen molar-refractivity contribution in [3.05, 3.63) is 0 Å². The van der Waals surface area contributed by atoms with Crippen LogP contribution in [-0.4, -0.2) is 51.1 Å². The van der Waals surface area contributed by atoms with Gasteiger partial charge in [0.15, 0.2) is 0 Å². The van der Waals surface area contributed by atoms with Crippen LogP contribution in [0.5, 0.6) is 0 Å². The minimum absolute atomic E-state index is 0.0216. The molecule has 2 aliphatic rings. The molecule has 2 atom stereocenters. The highest BCUT2D eigenvalue weighted by Gasteiger charge is 2.51. The van der Waals surface area contributed by atoms with Crippen molar-refractivity contribution in [2.45, 2.75) is 57.0 Å². The van der Waals surface area contributed by atoms with Crippen LogP contribution in [0.2, 0.25) is 0 Å². The molecule has 1 saturated carbocycles. The van der Waals surface area contributed by atoms with E-state index in [4.69, 9.17) is 0 Å². The maximum Gasteiger partial charge on any atom is 0.249 e. The molecule has 0 bridgehead atoms. The van der Waals surface area contributed by atoms with E-state index in [1.54, 1.807) is 11.2 Å². The van der Waals surface area contributed by atoms with Crippen LogP contribution in [0.25, 0.3) is 0 Å². The summed E-state index contributed by atoms with van der Waals surface area (Å²) in [5.74, 6) is 0.629. The van der Waals surface area contributed by atoms with E-state index in [1.165, 1.54) is 0 Å². The molecule has 0 aromatic carbocycles. The fraction of sp³-hybridized carbons (Fsp3) is 0.857. The zero-order valence-electron chi connectivity index (χ0n) is 12.3. The summed E-state index contributed by atoms with van der Waals surface area (Å²) in [6.45, 7) is 2.46. The molecule has 2 unspecified atom stereocenters. The van der Waals surface area contributed by atoms with Gasteiger partial charge >= 0.3 is 0 Å². The minimum Gasteiger partial charge on any atom is -0.340 e. The van der Waals surface area contributed by atoms with E-state index >= 15 is 0 Å². The maximum atomic E-state index is 12.8. The SMILES string of the molecule is CCC1C(=O)NC2(CCCC2)C(=O)N1CCCS(C)=O. The van der Waals surface area contributed by atoms with Crippen molar-refractivity contribution in [1.29, 1.82) is 0 Å². The van der Waals surface area contributed by atoms with Gasteiger partial charge in [0.1, 0.15) is 11.6 Å². The lowest BCUT2D eigenvalue weighted by Gasteiger charge is -2.44. The van der Waals surface area contributed by atoms with Crippen LogP contribution in [0, 0.1) is 0 Å². The van der Waals surface area contributed by atoms with Gasteiger partial charge in [0.05, 0.1) is 0 Å². The summed E-state index contributed by atoms with van der Waals surface area (Å²) < 4.78 is 11.2. The minimum atomic E-state index is -0.852. The van der Waals surface area contributed by atoms with E-state index in [1.807, 2.05) is 6.92 Å². The summed E-state index contributed by atoms with van der Waals surface area (Å²) >= 11 is 0. The van der Waals surface area contributed by atoms with Gasteiger partial charge in [-0.25, -0.2) is 0 Å². The Morgan fingerprint density at radius 3 is 2.55 bits per heavy atom. The topological polar surface area (TPSA) is 66.5 Å². The molecule has 0 aromatic rings. The standard InChI is InChI=1S/C14H24N2O3S/c1-3-11-12(17)15-14(7-4-5-8-14)13(18)16(11)9-6-10-20(2)19/h11H,3-10H2,1-2H3,(H,15,17). The van der Waals surface area contributed by atoms with Crippen LogP contribution in [0.4, 0.5) is 0 Å². The Labute approximate surface area is 122 Å². The number of carbonyl (C=O) groups is 2. The number of amides is 2. The summed E-state index contributed by atoms with van der Waals surface area (Å²) in [6, 6.07) is -0.362. The number of nitrogens with zero attached hydrogens (tertiary/aromatic N) is 1. The molecule has 114 valence electrons. The van der Waals surface area contributed by atoms with Crippen LogP contribution < -0.4 is 5.32 Å². The van der Waals surface area contributed by atoms with Crippen LogP contribution in [0.3, 0.4) is 0 Å². The number of rotatable bonds is 5. The smallest absolute Gasteiger partial charge is 0.249 e. The summed E-state index contributed by atoms with van der Waals surface area (Å²) in [4.78, 5) is 26.8. The number of nitrogens with one attached hydrogen (secondary N) is 1. The van der Waals surface area contributed by atoms with Crippen molar-refractivity contribution in [2.75, 3.05) is 18.6 Å². The Balaban J connectivity index is 2.12. The second-order valence-corrected chi connectivity index (χ2v) is 7.39. The lowest BCUT2D eigenvalue weighted by Crippen LogP contribution is -2.69. The third kappa shape index (κ3) is 2.90. The number of piperazine rings is 1. The normalized spacial score (nSPS) is 26.9. The molecule has 2 rings (SSSR count). The predicted octanol–water partition coefficient (Wildman–Crippen LogP) is 0.805. The predicted molar refractivity (Wildman–Crippen MR) is 78.7 cm³/mol. The Hall–Kier alpha value is -0.910. The van der Waals surface area contributed by atoms with Crippen molar-refractivity contribution < 1.29 is 13.8 Å². The van der Waals surface area contributed by atoms with Gasteiger partial charge in [-0.15, -0.1) is 0 Å². The quantitative estimate of drug-likeness (QED) is 0.817. The van der Waals surface area contributed by atoms with Crippen molar-refractivity contribution >= 4 is 22.6 Å². The number of hydrogen-bond donors (Lipinski definition) is 1. The van der Waals surface area contributed by atoms with Crippen molar-refractivity contribution in [2.24, 2.45) is 0 Å². The van der Waals surface area contributed by atoms with Crippen LogP contribution >= 0.6 is 0 Å². The van der Waals surface area contributed by atoms with Crippen LogP contribution in [0.1, 0.15) is 45.4 Å². The fourth-order valence-electron chi connectivity index (χ4n) is 3.35. The second kappa shape index (κ2) is 6.24. The van der Waals surface area contributed by atoms with Gasteiger partial charge in [0, 0.05) is 29.4 Å². The average Bonchev–Trinajstić information content (AvgIpc) is 2.84. The Morgan fingerprint density at radius 2 is 2.00 bits per heavy atom. The number of carbonyl (C=O) groups excluding carboxylic acids is 2. The lowest BCUT2D eigenvalue weighted by atomic mass is 9.90. The largest absolute Gasteiger partial charge is 0.340 e. The lowest BCUT2D eigenvalue weighted by molar-refractivity contribution is -0.155. The molecule has 1 spiro atoms. The van der Waals surface area contributed by atoms with E-state index in [0.29, 0.717) is 25.1 Å². The maximum absolute atomic E-state index is 12.8. The Morgan fingerprint density at radius 1 is 1.35 bits per heavy atom. The number of hydrogen-bond acceptors (Lipinski definition) is 3. The van der Waals surface area contributed by atoms with E-state index in [2.05, 4.69) is 5.32 Å². The molecule has 1 aliphatic heterocycles. The molecule has 6 heteroatoms. The second-order valence-electron chi connectivity index (χ2n) is 5.83. The van der Waals surface area contributed by atoms with Gasteiger partial charge in [-0.05, 0) is 25.7 Å². The first kappa shape index (κ1) is 15.5. The van der Waals surface area contributed by atoms with E-state index < -0.39 is 16.3 Å². The zero-order valence-corrected chi connectivity index (χ0v) is 13.1. The van der Waals surface area contributed by atoms with Gasteiger partial charge in [-0.1, -0.05) is 19.8 Å². The van der Waals surface area contributed by atoms with Gasteiger partial charge in [-0.2, -0.15) is 0 Å². The molecular weight excluding hydrogens is 276 g/mol. The summed E-state index contributed by atoms with van der Waals surface area (Å²) in [5, 5.41) is 2.98. The molecule has 5 nitrogen and oxygen atoms in total. The van der Waals surface area contributed by atoms with Crippen LogP contribution in [0.15, 0.2) is 0 Å². The van der Waals surface area contributed by atoms with Gasteiger partial charge in [0.2, 0.25) is 11.8 Å². The van der Waals surface area contributed by atoms with Crippen molar-refractivity contribution in [3.8, 4) is 0 Å². The van der Waals surface area contributed by atoms with E-state index in [9.17, 15) is 13.8 Å². The van der Waals surface area contributed by atoms with Crippen molar-refractivity contribution in [3.63, 3.8) is 0 Å². The molecule has 1 aliphatic carbocycles. The van der Waals surface area contributed by atoms with E-state index in [0.717, 1.165) is 25.7 Å². The van der Waals surface area contributed by atoms with Gasteiger partial charge in [-0.3, -0.25) is 13.8 Å². The Bertz CT molecular complexity index is 419. The fourth-order valence-corrected chi connectivity index (χ4v) is 3.88. The first-order chi connectivity index (χ1) is 9.50. The highest BCUT2D eigenvalue weighted by atomic mass is 32.2. The average molecular weight is 300 g/mol. The molecular formula is C14H24N2O3S. The molecule has 20 heavy (non-hydrogen) atoms.